The highest BCUT2D eigenvalue weighted by molar-refractivity contribution is 5.81. The predicted octanol–water partition coefficient (Wildman–Crippen LogP) is 5.79. The monoisotopic (exact) mass is 470 g/mol. The molecule has 6 nitrogen and oxygen atoms in total. The first-order valence-corrected chi connectivity index (χ1v) is 12.1. The molecule has 1 aliphatic heterocycles. The highest BCUT2D eigenvalue weighted by atomic mass is 16.5. The second kappa shape index (κ2) is 11.2. The van der Waals surface area contributed by atoms with E-state index in [4.69, 9.17) is 9.72 Å². The molecule has 1 atom stereocenters. The molecule has 35 heavy (non-hydrogen) atoms. The number of aldehydes is 1. The lowest BCUT2D eigenvalue weighted by Crippen LogP contribution is -2.23. The summed E-state index contributed by atoms with van der Waals surface area (Å²) in [5.41, 5.74) is 5.74. The molecule has 4 rings (SSSR count). The summed E-state index contributed by atoms with van der Waals surface area (Å²) in [6.07, 6.45) is 5.71. The zero-order valence-corrected chi connectivity index (χ0v) is 20.9. The van der Waals surface area contributed by atoms with E-state index in [9.17, 15) is 4.79 Å². The van der Waals surface area contributed by atoms with Crippen molar-refractivity contribution in [2.45, 2.75) is 32.9 Å². The van der Waals surface area contributed by atoms with Gasteiger partial charge in [0.25, 0.3) is 0 Å². The normalized spacial score (nSPS) is 14.5. The molecule has 182 valence electrons. The summed E-state index contributed by atoms with van der Waals surface area (Å²) in [5, 5.41) is 6.64. The van der Waals surface area contributed by atoms with Gasteiger partial charge in [0.1, 0.15) is 23.9 Å². The van der Waals surface area contributed by atoms with Crippen LogP contribution in [0.5, 0.6) is 5.75 Å². The van der Waals surface area contributed by atoms with Crippen LogP contribution in [-0.4, -0.2) is 36.9 Å². The van der Waals surface area contributed by atoms with Gasteiger partial charge in [-0.3, -0.25) is 0 Å². The minimum atomic E-state index is -0.481. The number of carbonyl (C=O) groups excluding carboxylic acids is 1. The number of para-hydroxylation sites is 2. The van der Waals surface area contributed by atoms with Crippen LogP contribution in [0.4, 0.5) is 11.5 Å². The van der Waals surface area contributed by atoms with Crippen LogP contribution >= 0.6 is 0 Å². The van der Waals surface area contributed by atoms with Gasteiger partial charge < -0.3 is 25.1 Å². The molecule has 0 bridgehead atoms. The quantitative estimate of drug-likeness (QED) is 0.366. The summed E-state index contributed by atoms with van der Waals surface area (Å²) in [4.78, 5) is 19.1. The van der Waals surface area contributed by atoms with Crippen LogP contribution in [0.15, 0.2) is 60.8 Å². The molecule has 0 radical (unpaired) electrons. The summed E-state index contributed by atoms with van der Waals surface area (Å²) in [7, 11) is 4.12. The highest BCUT2D eigenvalue weighted by Gasteiger charge is 2.24. The standard InChI is InChI=1S/C29H34N4O2/c1-20(2)14-16-35-27-12-8-7-11-24(27)31-29-28-21(13-15-30-26(28)19-34)17-25(32-29)23-10-6-5-9-22(23)18-33(3)4/h5-13,15,17,19-20,26,30H,14,16,18H2,1-4H3,(H,31,32). The van der Waals surface area contributed by atoms with Crippen LogP contribution < -0.4 is 15.4 Å². The van der Waals surface area contributed by atoms with Crippen molar-refractivity contribution in [1.29, 1.82) is 0 Å². The maximum Gasteiger partial charge on any atom is 0.146 e. The van der Waals surface area contributed by atoms with Crippen LogP contribution in [0.3, 0.4) is 0 Å². The number of pyridine rings is 1. The number of carbonyl (C=O) groups is 1. The number of aromatic nitrogens is 1. The topological polar surface area (TPSA) is 66.5 Å². The number of rotatable bonds is 10. The second-order valence-corrected chi connectivity index (χ2v) is 9.52. The Morgan fingerprint density at radius 3 is 2.69 bits per heavy atom. The van der Waals surface area contributed by atoms with Gasteiger partial charge in [0.2, 0.25) is 0 Å². The van der Waals surface area contributed by atoms with E-state index in [1.165, 1.54) is 5.56 Å². The van der Waals surface area contributed by atoms with Crippen molar-refractivity contribution in [3.8, 4) is 17.0 Å². The van der Waals surface area contributed by atoms with Crippen LogP contribution in [-0.2, 0) is 11.3 Å². The number of fused-ring (bicyclic) bond motifs is 1. The first kappa shape index (κ1) is 24.5. The first-order valence-electron chi connectivity index (χ1n) is 12.1. The van der Waals surface area contributed by atoms with E-state index >= 15 is 0 Å². The Morgan fingerprint density at radius 1 is 1.14 bits per heavy atom. The molecule has 1 aliphatic rings. The predicted molar refractivity (Wildman–Crippen MR) is 143 cm³/mol. The Hall–Kier alpha value is -3.64. The number of hydrogen-bond acceptors (Lipinski definition) is 6. The van der Waals surface area contributed by atoms with Crippen LogP contribution in [0.25, 0.3) is 17.3 Å². The third-order valence-corrected chi connectivity index (χ3v) is 5.95. The van der Waals surface area contributed by atoms with E-state index < -0.39 is 6.04 Å². The molecule has 2 aromatic carbocycles. The molecule has 0 amide bonds. The number of nitrogens with zero attached hydrogens (tertiary/aromatic N) is 2. The maximum atomic E-state index is 11.9. The summed E-state index contributed by atoms with van der Waals surface area (Å²) in [5.74, 6) is 1.98. The number of ether oxygens (including phenoxy) is 1. The fourth-order valence-electron chi connectivity index (χ4n) is 4.18. The number of hydrogen-bond donors (Lipinski definition) is 2. The molecule has 3 aromatic rings. The maximum absolute atomic E-state index is 11.9. The van der Waals surface area contributed by atoms with Crippen LogP contribution in [0.1, 0.15) is 43.0 Å². The van der Waals surface area contributed by atoms with Gasteiger partial charge in [-0.1, -0.05) is 50.2 Å². The number of benzene rings is 2. The van der Waals surface area contributed by atoms with E-state index in [1.54, 1.807) is 0 Å². The average molecular weight is 471 g/mol. The average Bonchev–Trinajstić information content (AvgIpc) is 2.84. The summed E-state index contributed by atoms with van der Waals surface area (Å²) >= 11 is 0. The van der Waals surface area contributed by atoms with Crippen LogP contribution in [0, 0.1) is 5.92 Å². The van der Waals surface area contributed by atoms with Gasteiger partial charge in [-0.15, -0.1) is 0 Å². The molecule has 2 heterocycles. The molecule has 0 saturated carbocycles. The largest absolute Gasteiger partial charge is 0.491 e. The summed E-state index contributed by atoms with van der Waals surface area (Å²) in [6, 6.07) is 17.8. The Balaban J connectivity index is 1.78. The van der Waals surface area contributed by atoms with Gasteiger partial charge in [-0.05, 0) is 68.0 Å². The van der Waals surface area contributed by atoms with Crippen LogP contribution in [0.2, 0.25) is 0 Å². The molecular weight excluding hydrogens is 436 g/mol. The van der Waals surface area contributed by atoms with Gasteiger partial charge in [-0.25, -0.2) is 4.98 Å². The SMILES string of the molecule is CC(C)CCOc1ccccc1Nc1nc(-c2ccccc2CN(C)C)cc2c1C(C=O)NC=C2. The molecular formula is C29H34N4O2. The van der Waals surface area contributed by atoms with E-state index in [-0.39, 0.29) is 0 Å². The van der Waals surface area contributed by atoms with Gasteiger partial charge in [0.05, 0.1) is 18.0 Å². The molecule has 0 saturated heterocycles. The zero-order valence-electron chi connectivity index (χ0n) is 20.9. The Kier molecular flexibility index (Phi) is 7.83. The van der Waals surface area contributed by atoms with Crippen molar-refractivity contribution in [3.63, 3.8) is 0 Å². The lowest BCUT2D eigenvalue weighted by Gasteiger charge is -2.24. The minimum absolute atomic E-state index is 0.481. The summed E-state index contributed by atoms with van der Waals surface area (Å²) in [6.45, 7) is 5.81. The smallest absolute Gasteiger partial charge is 0.146 e. The first-order chi connectivity index (χ1) is 17.0. The lowest BCUT2D eigenvalue weighted by molar-refractivity contribution is -0.109. The Bertz CT molecular complexity index is 1200. The van der Waals surface area contributed by atoms with E-state index in [1.807, 2.05) is 42.6 Å². The zero-order chi connectivity index (χ0) is 24.8. The van der Waals surface area contributed by atoms with Gasteiger partial charge >= 0.3 is 0 Å². The second-order valence-electron chi connectivity index (χ2n) is 9.52. The fourth-order valence-corrected chi connectivity index (χ4v) is 4.18. The number of nitrogens with one attached hydrogen (secondary N) is 2. The van der Waals surface area contributed by atoms with Crippen molar-refractivity contribution >= 4 is 23.9 Å². The van der Waals surface area contributed by atoms with Gasteiger partial charge in [0, 0.05) is 17.7 Å². The highest BCUT2D eigenvalue weighted by Crippen LogP contribution is 2.37. The molecule has 0 aliphatic carbocycles. The van der Waals surface area contributed by atoms with Gasteiger partial charge in [-0.2, -0.15) is 0 Å². The Labute approximate surface area is 208 Å². The minimum Gasteiger partial charge on any atom is -0.491 e. The van der Waals surface area contributed by atoms with E-state index in [2.05, 4.69) is 67.7 Å². The Morgan fingerprint density at radius 2 is 1.91 bits per heavy atom. The van der Waals surface area contributed by atoms with E-state index in [0.717, 1.165) is 53.1 Å². The molecule has 1 aromatic heterocycles. The lowest BCUT2D eigenvalue weighted by atomic mass is 9.95. The fraction of sp³-hybridized carbons (Fsp3) is 0.310. The van der Waals surface area contributed by atoms with Crippen molar-refractivity contribution in [2.75, 3.05) is 26.0 Å². The summed E-state index contributed by atoms with van der Waals surface area (Å²) < 4.78 is 6.10. The molecule has 0 fully saturated rings. The molecule has 1 unspecified atom stereocenters. The van der Waals surface area contributed by atoms with Crippen molar-refractivity contribution in [2.24, 2.45) is 5.92 Å². The third-order valence-electron chi connectivity index (χ3n) is 5.95. The van der Waals surface area contributed by atoms with Crippen molar-refractivity contribution in [1.82, 2.24) is 15.2 Å². The van der Waals surface area contributed by atoms with Crippen molar-refractivity contribution in [3.05, 3.63) is 77.5 Å². The van der Waals surface area contributed by atoms with Gasteiger partial charge in [0.15, 0.2) is 0 Å². The third kappa shape index (κ3) is 5.89. The number of anilines is 2. The van der Waals surface area contributed by atoms with Crippen molar-refractivity contribution < 1.29 is 9.53 Å². The molecule has 0 spiro atoms. The molecule has 6 heteroatoms. The molecule has 2 N–H and O–H groups in total. The van der Waals surface area contributed by atoms with E-state index in [0.29, 0.717) is 18.3 Å².